The van der Waals surface area contributed by atoms with Gasteiger partial charge in [0.1, 0.15) is 6.04 Å². The Bertz CT molecular complexity index is 555. The van der Waals surface area contributed by atoms with Gasteiger partial charge in [-0.15, -0.1) is 0 Å². The number of nitrogens with zero attached hydrogens (tertiary/aromatic N) is 2. The molecule has 6 heteroatoms. The highest BCUT2D eigenvalue weighted by Gasteiger charge is 2.14. The van der Waals surface area contributed by atoms with Gasteiger partial charge in [0, 0.05) is 23.9 Å². The Balaban J connectivity index is 1.80. The van der Waals surface area contributed by atoms with Crippen LogP contribution in [0.25, 0.3) is 5.69 Å². The highest BCUT2D eigenvalue weighted by Crippen LogP contribution is 2.15. The van der Waals surface area contributed by atoms with Crippen molar-refractivity contribution in [3.63, 3.8) is 0 Å². The largest absolute Gasteiger partial charge is 0.465 e. The molecule has 0 fully saturated rings. The molecule has 112 valence electrons. The minimum Gasteiger partial charge on any atom is -0.465 e. The summed E-state index contributed by atoms with van der Waals surface area (Å²) in [5, 5.41) is 4.18. The molecule has 2 rings (SSSR count). The van der Waals surface area contributed by atoms with Crippen LogP contribution in [-0.2, 0) is 15.3 Å². The van der Waals surface area contributed by atoms with Crippen LogP contribution in [0.15, 0.2) is 42.7 Å². The highest BCUT2D eigenvalue weighted by molar-refractivity contribution is 7.98. The van der Waals surface area contributed by atoms with Crippen molar-refractivity contribution in [1.82, 2.24) is 9.78 Å². The first-order valence-electron chi connectivity index (χ1n) is 6.79. The van der Waals surface area contributed by atoms with Gasteiger partial charge in [0.2, 0.25) is 0 Å². The fourth-order valence-electron chi connectivity index (χ4n) is 1.79. The molecule has 1 unspecified atom stereocenters. The van der Waals surface area contributed by atoms with Gasteiger partial charge in [0.05, 0.1) is 12.3 Å². The molecule has 2 N–H and O–H groups in total. The minimum atomic E-state index is -0.557. The molecule has 0 bridgehead atoms. The van der Waals surface area contributed by atoms with Crippen molar-refractivity contribution in [1.29, 1.82) is 0 Å². The molecule has 0 spiro atoms. The van der Waals surface area contributed by atoms with E-state index in [0.29, 0.717) is 12.4 Å². The van der Waals surface area contributed by atoms with Gasteiger partial charge in [-0.25, -0.2) is 4.68 Å². The summed E-state index contributed by atoms with van der Waals surface area (Å²) in [6, 6.07) is 9.49. The van der Waals surface area contributed by atoms with Gasteiger partial charge in [0.15, 0.2) is 0 Å². The molecule has 1 heterocycles. The average molecular weight is 305 g/mol. The van der Waals surface area contributed by atoms with Crippen LogP contribution in [0.4, 0.5) is 0 Å². The summed E-state index contributed by atoms with van der Waals surface area (Å²) in [5.74, 6) is 1.03. The van der Waals surface area contributed by atoms with Crippen LogP contribution in [0.2, 0.25) is 0 Å². The fraction of sp³-hybridized carbons (Fsp3) is 0.333. The van der Waals surface area contributed by atoms with Crippen LogP contribution >= 0.6 is 11.8 Å². The summed E-state index contributed by atoms with van der Waals surface area (Å²) in [5.41, 5.74) is 7.96. The molecular weight excluding hydrogens is 286 g/mol. The number of carbonyl (C=O) groups is 1. The second kappa shape index (κ2) is 7.85. The standard InChI is InChI=1S/C15H19N3O2S/c1-2-20-15(19)14(16)11-21-10-12-4-6-13(7-5-12)18-9-3-8-17-18/h3-9,14H,2,10-11,16H2,1H3. The van der Waals surface area contributed by atoms with Crippen molar-refractivity contribution in [2.75, 3.05) is 12.4 Å². The Morgan fingerprint density at radius 1 is 1.43 bits per heavy atom. The molecular formula is C15H19N3O2S. The van der Waals surface area contributed by atoms with Gasteiger partial charge < -0.3 is 10.5 Å². The number of ether oxygens (including phenoxy) is 1. The summed E-state index contributed by atoms with van der Waals surface area (Å²) < 4.78 is 6.69. The van der Waals surface area contributed by atoms with E-state index in [9.17, 15) is 4.79 Å². The number of nitrogens with two attached hydrogens (primary N) is 1. The zero-order valence-corrected chi connectivity index (χ0v) is 12.8. The fourth-order valence-corrected chi connectivity index (χ4v) is 2.72. The van der Waals surface area contributed by atoms with Crippen molar-refractivity contribution in [2.45, 2.75) is 18.7 Å². The first-order valence-corrected chi connectivity index (χ1v) is 7.95. The maximum atomic E-state index is 11.4. The number of esters is 1. The summed E-state index contributed by atoms with van der Waals surface area (Å²) >= 11 is 1.62. The monoisotopic (exact) mass is 305 g/mol. The van der Waals surface area contributed by atoms with Crippen molar-refractivity contribution in [2.24, 2.45) is 5.73 Å². The Labute approximate surface area is 128 Å². The Kier molecular flexibility index (Phi) is 5.83. The zero-order valence-electron chi connectivity index (χ0n) is 11.9. The number of rotatable bonds is 7. The molecule has 0 radical (unpaired) electrons. The topological polar surface area (TPSA) is 70.1 Å². The molecule has 0 saturated carbocycles. The van der Waals surface area contributed by atoms with E-state index < -0.39 is 6.04 Å². The number of aromatic nitrogens is 2. The molecule has 2 aromatic rings. The van der Waals surface area contributed by atoms with E-state index in [1.165, 1.54) is 5.56 Å². The lowest BCUT2D eigenvalue weighted by Gasteiger charge is -2.10. The van der Waals surface area contributed by atoms with Crippen molar-refractivity contribution >= 4 is 17.7 Å². The van der Waals surface area contributed by atoms with E-state index >= 15 is 0 Å². The Morgan fingerprint density at radius 2 is 2.19 bits per heavy atom. The van der Waals surface area contributed by atoms with E-state index in [0.717, 1.165) is 11.4 Å². The van der Waals surface area contributed by atoms with Gasteiger partial charge in [-0.05, 0) is 30.7 Å². The minimum absolute atomic E-state index is 0.334. The van der Waals surface area contributed by atoms with Crippen molar-refractivity contribution in [3.05, 3.63) is 48.3 Å². The number of carbonyl (C=O) groups excluding carboxylic acids is 1. The molecule has 0 aliphatic rings. The molecule has 5 nitrogen and oxygen atoms in total. The van der Waals surface area contributed by atoms with Gasteiger partial charge in [-0.2, -0.15) is 16.9 Å². The normalized spacial score (nSPS) is 12.1. The third-order valence-corrected chi connectivity index (χ3v) is 3.99. The van der Waals surface area contributed by atoms with E-state index in [2.05, 4.69) is 17.2 Å². The van der Waals surface area contributed by atoms with Crippen molar-refractivity contribution in [3.8, 4) is 5.69 Å². The third-order valence-electron chi connectivity index (χ3n) is 2.86. The number of hydrogen-bond acceptors (Lipinski definition) is 5. The molecule has 1 atom stereocenters. The molecule has 0 aliphatic heterocycles. The first-order chi connectivity index (χ1) is 10.2. The average Bonchev–Trinajstić information content (AvgIpc) is 3.02. The maximum Gasteiger partial charge on any atom is 0.323 e. The van der Waals surface area contributed by atoms with Crippen LogP contribution < -0.4 is 5.73 Å². The van der Waals surface area contributed by atoms with Gasteiger partial charge in [-0.3, -0.25) is 4.79 Å². The Morgan fingerprint density at radius 3 is 2.81 bits per heavy atom. The second-order valence-corrected chi connectivity index (χ2v) is 5.52. The molecule has 0 aliphatic carbocycles. The highest BCUT2D eigenvalue weighted by atomic mass is 32.2. The van der Waals surface area contributed by atoms with Crippen LogP contribution in [0.1, 0.15) is 12.5 Å². The summed E-state index contributed by atoms with van der Waals surface area (Å²) in [6.45, 7) is 2.14. The quantitative estimate of drug-likeness (QED) is 0.792. The molecule has 21 heavy (non-hydrogen) atoms. The predicted molar refractivity (Wildman–Crippen MR) is 84.3 cm³/mol. The van der Waals surface area contributed by atoms with Gasteiger partial charge >= 0.3 is 5.97 Å². The van der Waals surface area contributed by atoms with Gasteiger partial charge in [-0.1, -0.05) is 12.1 Å². The third kappa shape index (κ3) is 4.61. The predicted octanol–water partition coefficient (Wildman–Crippen LogP) is 2.00. The summed E-state index contributed by atoms with van der Waals surface area (Å²) in [6.07, 6.45) is 3.66. The number of benzene rings is 1. The van der Waals surface area contributed by atoms with Crippen molar-refractivity contribution < 1.29 is 9.53 Å². The van der Waals surface area contributed by atoms with Crippen LogP contribution in [0, 0.1) is 0 Å². The number of thioether (sulfide) groups is 1. The summed E-state index contributed by atoms with van der Waals surface area (Å²) in [4.78, 5) is 11.4. The van der Waals surface area contributed by atoms with E-state index in [4.69, 9.17) is 10.5 Å². The molecule has 1 aromatic carbocycles. The first kappa shape index (κ1) is 15.6. The lowest BCUT2D eigenvalue weighted by atomic mass is 10.2. The van der Waals surface area contributed by atoms with E-state index in [1.54, 1.807) is 24.9 Å². The SMILES string of the molecule is CCOC(=O)C(N)CSCc1ccc(-n2cccn2)cc1. The summed E-state index contributed by atoms with van der Waals surface area (Å²) in [7, 11) is 0. The van der Waals surface area contributed by atoms with E-state index in [-0.39, 0.29) is 5.97 Å². The van der Waals surface area contributed by atoms with Gasteiger partial charge in [0.25, 0.3) is 0 Å². The van der Waals surface area contributed by atoms with Crippen LogP contribution in [0.3, 0.4) is 0 Å². The molecule has 0 saturated heterocycles. The lowest BCUT2D eigenvalue weighted by Crippen LogP contribution is -2.34. The molecule has 1 aromatic heterocycles. The van der Waals surface area contributed by atoms with Crippen LogP contribution in [0.5, 0.6) is 0 Å². The Hall–Kier alpha value is -1.79. The zero-order chi connectivity index (χ0) is 15.1. The maximum absolute atomic E-state index is 11.4. The molecule has 0 amide bonds. The van der Waals surface area contributed by atoms with Crippen LogP contribution in [-0.4, -0.2) is 34.2 Å². The smallest absolute Gasteiger partial charge is 0.323 e. The lowest BCUT2D eigenvalue weighted by molar-refractivity contribution is -0.144. The second-order valence-electron chi connectivity index (χ2n) is 4.49. The number of hydrogen-bond donors (Lipinski definition) is 1. The van der Waals surface area contributed by atoms with E-state index in [1.807, 2.05) is 29.1 Å².